The van der Waals surface area contributed by atoms with Crippen molar-refractivity contribution >= 4 is 35.5 Å². The highest BCUT2D eigenvalue weighted by molar-refractivity contribution is 6.39. The van der Waals surface area contributed by atoms with Crippen molar-refractivity contribution in [3.05, 3.63) is 53.3 Å². The van der Waals surface area contributed by atoms with E-state index in [2.05, 4.69) is 22.3 Å². The zero-order valence-corrected chi connectivity index (χ0v) is 20.8. The Morgan fingerprint density at radius 1 is 0.865 bits per heavy atom. The summed E-state index contributed by atoms with van der Waals surface area (Å²) in [6.45, 7) is 2.67. The summed E-state index contributed by atoms with van der Waals surface area (Å²) in [5.41, 5.74) is 1.88. The highest BCUT2D eigenvalue weighted by Crippen LogP contribution is 2.60. The van der Waals surface area contributed by atoms with Crippen molar-refractivity contribution in [3.8, 4) is 0 Å². The van der Waals surface area contributed by atoms with Crippen LogP contribution in [0.5, 0.6) is 0 Å². The largest absolute Gasteiger partial charge is 0.441 e. The van der Waals surface area contributed by atoms with Crippen LogP contribution in [0.1, 0.15) is 49.8 Å². The first kappa shape index (κ1) is 22.8. The molecule has 2 saturated heterocycles. The Labute approximate surface area is 215 Å². The molecule has 0 atom stereocenters. The van der Waals surface area contributed by atoms with E-state index in [0.29, 0.717) is 43.6 Å². The van der Waals surface area contributed by atoms with Crippen molar-refractivity contribution in [2.75, 3.05) is 36.1 Å². The number of anilines is 2. The number of morpholine rings is 1. The van der Waals surface area contributed by atoms with Crippen LogP contribution in [0.25, 0.3) is 6.08 Å². The summed E-state index contributed by atoms with van der Waals surface area (Å²) in [6, 6.07) is 10.7. The number of nitrogens with one attached hydrogen (secondary N) is 1. The van der Waals surface area contributed by atoms with Gasteiger partial charge in [0.2, 0.25) is 0 Å². The minimum Gasteiger partial charge on any atom is -0.441 e. The Balaban J connectivity index is 1.13. The van der Waals surface area contributed by atoms with Gasteiger partial charge in [-0.25, -0.2) is 9.69 Å². The number of ether oxygens (including phenoxy) is 1. The third-order valence-corrected chi connectivity index (χ3v) is 9.10. The van der Waals surface area contributed by atoms with Crippen LogP contribution in [0.4, 0.5) is 16.4 Å². The van der Waals surface area contributed by atoms with Gasteiger partial charge in [0.05, 0.1) is 18.9 Å². The van der Waals surface area contributed by atoms with E-state index in [1.54, 1.807) is 6.07 Å². The van der Waals surface area contributed by atoms with Gasteiger partial charge < -0.3 is 14.1 Å². The maximum absolute atomic E-state index is 13.4. The lowest BCUT2D eigenvalue weighted by molar-refractivity contribution is -0.122. The Bertz CT molecular complexity index is 1250. The summed E-state index contributed by atoms with van der Waals surface area (Å²) in [6.07, 6.45) is 9.30. The van der Waals surface area contributed by atoms with Gasteiger partial charge >= 0.3 is 6.03 Å². The van der Waals surface area contributed by atoms with Crippen LogP contribution in [0.15, 0.2) is 46.4 Å². The van der Waals surface area contributed by atoms with E-state index in [9.17, 15) is 14.4 Å². The van der Waals surface area contributed by atoms with E-state index in [1.807, 2.05) is 18.2 Å². The second kappa shape index (κ2) is 8.58. The molecule has 4 bridgehead atoms. The maximum atomic E-state index is 13.4. The first-order chi connectivity index (χ1) is 18.0. The number of furan rings is 1. The second-order valence-electron chi connectivity index (χ2n) is 11.5. The average molecular weight is 502 g/mol. The van der Waals surface area contributed by atoms with E-state index in [1.165, 1.54) is 50.2 Å². The van der Waals surface area contributed by atoms with Crippen molar-refractivity contribution in [2.24, 2.45) is 17.8 Å². The molecular formula is C29H31N3O5. The Hall–Kier alpha value is -3.39. The van der Waals surface area contributed by atoms with Gasteiger partial charge in [0, 0.05) is 19.2 Å². The predicted molar refractivity (Wildman–Crippen MR) is 137 cm³/mol. The van der Waals surface area contributed by atoms with Crippen molar-refractivity contribution < 1.29 is 23.5 Å². The summed E-state index contributed by atoms with van der Waals surface area (Å²) >= 11 is 0. The number of nitrogens with zero attached hydrogens (tertiary/aromatic N) is 2. The van der Waals surface area contributed by atoms with Gasteiger partial charge in [0.25, 0.3) is 11.8 Å². The lowest BCUT2D eigenvalue weighted by Gasteiger charge is -2.57. The topological polar surface area (TPSA) is 92.1 Å². The highest BCUT2D eigenvalue weighted by Gasteiger charge is 2.51. The van der Waals surface area contributed by atoms with Gasteiger partial charge in [-0.3, -0.25) is 14.9 Å². The Morgan fingerprint density at radius 2 is 1.51 bits per heavy atom. The summed E-state index contributed by atoms with van der Waals surface area (Å²) in [7, 11) is 0. The van der Waals surface area contributed by atoms with E-state index in [4.69, 9.17) is 9.15 Å². The molecule has 0 spiro atoms. The Morgan fingerprint density at radius 3 is 2.16 bits per heavy atom. The predicted octanol–water partition coefficient (Wildman–Crippen LogP) is 4.25. The molecule has 6 fully saturated rings. The first-order valence-electron chi connectivity index (χ1n) is 13.4. The molecule has 8 heteroatoms. The minimum absolute atomic E-state index is 0.132. The zero-order chi connectivity index (χ0) is 25.1. The zero-order valence-electron chi connectivity index (χ0n) is 20.8. The van der Waals surface area contributed by atoms with Crippen LogP contribution in [0.2, 0.25) is 0 Å². The van der Waals surface area contributed by atoms with Crippen LogP contribution >= 0.6 is 0 Å². The molecule has 1 aromatic carbocycles. The average Bonchev–Trinajstić information content (AvgIpc) is 3.35. The number of hydrogen-bond donors (Lipinski definition) is 1. The van der Waals surface area contributed by atoms with Crippen molar-refractivity contribution in [2.45, 2.75) is 43.9 Å². The van der Waals surface area contributed by atoms with E-state index < -0.39 is 17.8 Å². The number of urea groups is 1. The number of rotatable bonds is 4. The lowest BCUT2D eigenvalue weighted by Crippen LogP contribution is -2.54. The van der Waals surface area contributed by atoms with Crippen LogP contribution in [-0.4, -0.2) is 44.1 Å². The number of barbiturate groups is 1. The van der Waals surface area contributed by atoms with Gasteiger partial charge in [0.1, 0.15) is 11.3 Å². The molecule has 2 aromatic rings. The Kier molecular flexibility index (Phi) is 5.29. The minimum atomic E-state index is -0.733. The summed E-state index contributed by atoms with van der Waals surface area (Å²) in [4.78, 5) is 41.8. The van der Waals surface area contributed by atoms with E-state index in [-0.39, 0.29) is 11.0 Å². The maximum Gasteiger partial charge on any atom is 0.335 e. The molecule has 3 heterocycles. The van der Waals surface area contributed by atoms with Gasteiger partial charge in [0.15, 0.2) is 5.88 Å². The molecule has 2 aliphatic heterocycles. The summed E-state index contributed by atoms with van der Waals surface area (Å²) in [5.74, 6) is 2.18. The third kappa shape index (κ3) is 3.89. The summed E-state index contributed by atoms with van der Waals surface area (Å²) < 4.78 is 11.3. The molecular weight excluding hydrogens is 470 g/mol. The number of carbonyl (C=O) groups is 3. The van der Waals surface area contributed by atoms with Crippen LogP contribution < -0.4 is 15.1 Å². The molecule has 6 aliphatic rings. The fourth-order valence-corrected chi connectivity index (χ4v) is 7.84. The normalized spacial score (nSPS) is 32.4. The SMILES string of the molecule is O=C1NC(=O)N(c2ccc(C34CC5CC(CC(C5)C3)C4)cc2)C(=O)/C1=C\c1ccc(N2CCOCC2)o1. The highest BCUT2D eigenvalue weighted by atomic mass is 16.5. The third-order valence-electron chi connectivity index (χ3n) is 9.10. The first-order valence-corrected chi connectivity index (χ1v) is 13.4. The van der Waals surface area contributed by atoms with Crippen LogP contribution in [0.3, 0.4) is 0 Å². The molecule has 1 N–H and O–H groups in total. The van der Waals surface area contributed by atoms with E-state index in [0.717, 1.165) is 22.7 Å². The van der Waals surface area contributed by atoms with Gasteiger partial charge in [-0.1, -0.05) is 12.1 Å². The number of carbonyl (C=O) groups excluding carboxylic acids is 3. The standard InChI is InChI=1S/C29H31N3O5/c33-26-24(14-23-5-6-25(37-23)31-7-9-36-10-8-31)27(34)32(28(35)30-26)22-3-1-21(2-4-22)29-15-18-11-19(16-29)13-20(12-18)17-29/h1-6,14,18-20H,7-13,15-17H2,(H,30,33,35)/b24-14-. The molecule has 0 radical (unpaired) electrons. The molecule has 4 aliphatic carbocycles. The molecule has 4 saturated carbocycles. The quantitative estimate of drug-likeness (QED) is 0.498. The number of imide groups is 2. The fourth-order valence-electron chi connectivity index (χ4n) is 7.84. The lowest BCUT2D eigenvalue weighted by atomic mass is 9.48. The number of amides is 4. The number of benzene rings is 1. The van der Waals surface area contributed by atoms with Crippen LogP contribution in [-0.2, 0) is 19.7 Å². The molecule has 8 rings (SSSR count). The van der Waals surface area contributed by atoms with Crippen molar-refractivity contribution in [3.63, 3.8) is 0 Å². The van der Waals surface area contributed by atoms with Crippen molar-refractivity contribution in [1.82, 2.24) is 5.32 Å². The van der Waals surface area contributed by atoms with Gasteiger partial charge in [-0.15, -0.1) is 0 Å². The molecule has 0 unspecified atom stereocenters. The molecule has 8 nitrogen and oxygen atoms in total. The van der Waals surface area contributed by atoms with Gasteiger partial charge in [-0.2, -0.15) is 0 Å². The monoisotopic (exact) mass is 501 g/mol. The van der Waals surface area contributed by atoms with E-state index >= 15 is 0 Å². The fraction of sp³-hybridized carbons (Fsp3) is 0.483. The molecule has 37 heavy (non-hydrogen) atoms. The second-order valence-corrected chi connectivity index (χ2v) is 11.5. The smallest absolute Gasteiger partial charge is 0.335 e. The molecule has 4 amide bonds. The van der Waals surface area contributed by atoms with Crippen molar-refractivity contribution in [1.29, 1.82) is 0 Å². The molecule has 1 aromatic heterocycles. The summed E-state index contributed by atoms with van der Waals surface area (Å²) in [5, 5.41) is 2.31. The van der Waals surface area contributed by atoms with Crippen LogP contribution in [0, 0.1) is 17.8 Å². The number of hydrogen-bond acceptors (Lipinski definition) is 6. The molecule has 192 valence electrons. The van der Waals surface area contributed by atoms with Gasteiger partial charge in [-0.05, 0) is 91.5 Å².